The maximum absolute atomic E-state index is 12.0. The molecule has 21 heavy (non-hydrogen) atoms. The van der Waals surface area contributed by atoms with Crippen LogP contribution in [-0.4, -0.2) is 34.3 Å². The van der Waals surface area contributed by atoms with Crippen molar-refractivity contribution in [3.8, 4) is 5.75 Å². The van der Waals surface area contributed by atoms with Gasteiger partial charge in [-0.15, -0.1) is 0 Å². The van der Waals surface area contributed by atoms with Crippen molar-refractivity contribution in [1.82, 2.24) is 5.32 Å². The van der Waals surface area contributed by atoms with Crippen molar-refractivity contribution in [1.29, 1.82) is 0 Å². The second kappa shape index (κ2) is 6.19. The molecule has 1 heterocycles. The summed E-state index contributed by atoms with van der Waals surface area (Å²) >= 11 is 0. The van der Waals surface area contributed by atoms with Gasteiger partial charge in [0.1, 0.15) is 5.75 Å². The number of hydrogen-bond donors (Lipinski definition) is 2. The van der Waals surface area contributed by atoms with E-state index in [2.05, 4.69) is 14.5 Å². The monoisotopic (exact) mass is 317 g/mol. The number of rotatable bonds is 5. The van der Waals surface area contributed by atoms with Crippen LogP contribution in [0.1, 0.15) is 0 Å². The summed E-state index contributed by atoms with van der Waals surface area (Å²) in [5, 5.41) is 2.95. The molecule has 0 bridgehead atoms. The molecule has 6 nitrogen and oxygen atoms in total. The van der Waals surface area contributed by atoms with E-state index >= 15 is 0 Å². The average Bonchev–Trinajstić information content (AvgIpc) is 2.82. The fraction of sp³-hybridized carbons (Fsp3) is 0.250. The average molecular weight is 317 g/mol. The van der Waals surface area contributed by atoms with E-state index in [-0.39, 0.29) is 10.6 Å². The smallest absolute Gasteiger partial charge is 0.387 e. The Bertz CT molecular complexity index is 669. The van der Waals surface area contributed by atoms with Crippen LogP contribution in [0, 0.1) is 0 Å². The zero-order chi connectivity index (χ0) is 15.5. The van der Waals surface area contributed by atoms with Gasteiger partial charge in [-0.1, -0.05) is 0 Å². The summed E-state index contributed by atoms with van der Waals surface area (Å²) in [6.07, 6.45) is 1.19. The zero-order valence-corrected chi connectivity index (χ0v) is 11.6. The number of sulfonamides is 1. The van der Waals surface area contributed by atoms with Gasteiger partial charge in [0.05, 0.1) is 4.90 Å². The SMILES string of the molecule is NC1=C(/C=N/S(=O)(=O)c2ccc(OC(F)F)cc2)CNC1. The summed E-state index contributed by atoms with van der Waals surface area (Å²) in [6, 6.07) is 4.57. The first-order chi connectivity index (χ1) is 9.88. The fourth-order valence-electron chi connectivity index (χ4n) is 1.67. The van der Waals surface area contributed by atoms with Crippen LogP contribution in [0.15, 0.2) is 44.8 Å². The van der Waals surface area contributed by atoms with Crippen molar-refractivity contribution < 1.29 is 21.9 Å². The van der Waals surface area contributed by atoms with Gasteiger partial charge in [0, 0.05) is 30.6 Å². The minimum atomic E-state index is -3.91. The van der Waals surface area contributed by atoms with Crippen molar-refractivity contribution in [2.75, 3.05) is 13.1 Å². The molecule has 114 valence electrons. The predicted molar refractivity (Wildman–Crippen MR) is 72.8 cm³/mol. The fourth-order valence-corrected chi connectivity index (χ4v) is 2.54. The third kappa shape index (κ3) is 3.99. The van der Waals surface area contributed by atoms with E-state index in [9.17, 15) is 17.2 Å². The molecule has 1 aromatic rings. The molecule has 1 aromatic carbocycles. The van der Waals surface area contributed by atoms with Crippen LogP contribution in [0.4, 0.5) is 8.78 Å². The number of alkyl halides is 2. The first-order valence-corrected chi connectivity index (χ1v) is 7.36. The van der Waals surface area contributed by atoms with Gasteiger partial charge in [0.15, 0.2) is 0 Å². The van der Waals surface area contributed by atoms with Gasteiger partial charge < -0.3 is 15.8 Å². The van der Waals surface area contributed by atoms with Crippen LogP contribution < -0.4 is 15.8 Å². The Labute approximate surface area is 120 Å². The number of hydrogen-bond acceptors (Lipinski definition) is 5. The molecular formula is C12H13F2N3O3S. The van der Waals surface area contributed by atoms with E-state index < -0.39 is 16.6 Å². The van der Waals surface area contributed by atoms with Crippen molar-refractivity contribution in [2.45, 2.75) is 11.5 Å². The van der Waals surface area contributed by atoms with Crippen LogP contribution in [-0.2, 0) is 10.0 Å². The van der Waals surface area contributed by atoms with Crippen molar-refractivity contribution in [3.05, 3.63) is 35.5 Å². The standard InChI is InChI=1S/C12H13F2N3O3S/c13-12(14)20-9-1-3-10(4-2-9)21(18,19)17-6-8-5-16-7-11(8)15/h1-4,6,12,16H,5,7,15H2/b17-6+. The third-order valence-corrected chi connectivity index (χ3v) is 3.99. The Morgan fingerprint density at radius 2 is 1.95 bits per heavy atom. The molecule has 1 aliphatic rings. The quantitative estimate of drug-likeness (QED) is 0.786. The molecule has 0 aromatic heterocycles. The Kier molecular flexibility index (Phi) is 4.53. The highest BCUT2D eigenvalue weighted by Crippen LogP contribution is 2.19. The number of nitrogens with zero attached hydrogens (tertiary/aromatic N) is 1. The second-order valence-electron chi connectivity index (χ2n) is 4.21. The topological polar surface area (TPSA) is 93.8 Å². The van der Waals surface area contributed by atoms with Gasteiger partial charge in [-0.05, 0) is 24.3 Å². The number of benzene rings is 1. The molecule has 0 spiro atoms. The van der Waals surface area contributed by atoms with Crippen LogP contribution in [0.2, 0.25) is 0 Å². The Hall–Kier alpha value is -2.00. The third-order valence-electron chi connectivity index (χ3n) is 2.74. The second-order valence-corrected chi connectivity index (χ2v) is 5.85. The maximum atomic E-state index is 12.0. The Morgan fingerprint density at radius 1 is 1.29 bits per heavy atom. The summed E-state index contributed by atoms with van der Waals surface area (Å²) in [6.45, 7) is -2.03. The lowest BCUT2D eigenvalue weighted by molar-refractivity contribution is -0.0498. The van der Waals surface area contributed by atoms with Gasteiger partial charge in [-0.25, -0.2) is 0 Å². The van der Waals surface area contributed by atoms with Crippen molar-refractivity contribution in [3.63, 3.8) is 0 Å². The summed E-state index contributed by atoms with van der Waals surface area (Å²) in [5.41, 5.74) is 6.80. The van der Waals surface area contributed by atoms with Crippen molar-refractivity contribution >= 4 is 16.2 Å². The summed E-state index contributed by atoms with van der Waals surface area (Å²) in [4.78, 5) is -0.120. The number of nitrogens with two attached hydrogens (primary N) is 1. The zero-order valence-electron chi connectivity index (χ0n) is 10.8. The number of ether oxygens (including phenoxy) is 1. The van der Waals surface area contributed by atoms with E-state index in [4.69, 9.17) is 5.73 Å². The summed E-state index contributed by atoms with van der Waals surface area (Å²) in [5.74, 6) is -0.125. The van der Waals surface area contributed by atoms with Crippen molar-refractivity contribution in [2.24, 2.45) is 10.1 Å². The molecule has 0 saturated heterocycles. The molecule has 0 atom stereocenters. The molecule has 0 radical (unpaired) electrons. The first-order valence-electron chi connectivity index (χ1n) is 5.92. The highest BCUT2D eigenvalue weighted by molar-refractivity contribution is 7.90. The number of nitrogens with one attached hydrogen (secondary N) is 1. The van der Waals surface area contributed by atoms with E-state index in [1.165, 1.54) is 6.21 Å². The van der Waals surface area contributed by atoms with E-state index in [1.807, 2.05) is 0 Å². The lowest BCUT2D eigenvalue weighted by atomic mass is 10.3. The van der Waals surface area contributed by atoms with Crippen LogP contribution in [0.5, 0.6) is 5.75 Å². The molecule has 0 fully saturated rings. The molecule has 1 aliphatic heterocycles. The minimum Gasteiger partial charge on any atom is -0.435 e. The van der Waals surface area contributed by atoms with Crippen LogP contribution in [0.3, 0.4) is 0 Å². The molecule has 0 unspecified atom stereocenters. The van der Waals surface area contributed by atoms with E-state index in [0.29, 0.717) is 24.4 Å². The molecular weight excluding hydrogens is 304 g/mol. The van der Waals surface area contributed by atoms with Gasteiger partial charge in [0.2, 0.25) is 0 Å². The van der Waals surface area contributed by atoms with Crippen LogP contribution >= 0.6 is 0 Å². The minimum absolute atomic E-state index is 0.120. The van der Waals surface area contributed by atoms with Gasteiger partial charge in [-0.3, -0.25) is 0 Å². The lowest BCUT2D eigenvalue weighted by Crippen LogP contribution is -2.11. The van der Waals surface area contributed by atoms with Gasteiger partial charge >= 0.3 is 6.61 Å². The molecule has 2 rings (SSSR count). The molecule has 9 heteroatoms. The number of halogens is 2. The Balaban J connectivity index is 2.16. The maximum Gasteiger partial charge on any atom is 0.387 e. The highest BCUT2D eigenvalue weighted by Gasteiger charge is 2.14. The van der Waals surface area contributed by atoms with Gasteiger partial charge in [0.25, 0.3) is 10.0 Å². The normalized spacial score (nSPS) is 16.1. The molecule has 3 N–H and O–H groups in total. The largest absolute Gasteiger partial charge is 0.435 e. The summed E-state index contributed by atoms with van der Waals surface area (Å²) < 4.78 is 55.6. The lowest BCUT2D eigenvalue weighted by Gasteiger charge is -2.04. The Morgan fingerprint density at radius 3 is 2.48 bits per heavy atom. The van der Waals surface area contributed by atoms with E-state index in [1.54, 1.807) is 0 Å². The molecule has 0 saturated carbocycles. The predicted octanol–water partition coefficient (Wildman–Crippen LogP) is 0.864. The van der Waals surface area contributed by atoms with Crippen LogP contribution in [0.25, 0.3) is 0 Å². The first kappa shape index (κ1) is 15.4. The molecule has 0 aliphatic carbocycles. The van der Waals surface area contributed by atoms with Gasteiger partial charge in [-0.2, -0.15) is 21.6 Å². The summed E-state index contributed by atoms with van der Waals surface area (Å²) in [7, 11) is -3.91. The van der Waals surface area contributed by atoms with E-state index in [0.717, 1.165) is 24.3 Å². The highest BCUT2D eigenvalue weighted by atomic mass is 32.2. The molecule has 0 amide bonds.